The van der Waals surface area contributed by atoms with E-state index in [1.807, 2.05) is 13.0 Å². The van der Waals surface area contributed by atoms with Crippen LogP contribution in [0.3, 0.4) is 0 Å². The SMILES string of the molecule is CCN(CC)CCOC(=O)c1ccc(C)c(N)c1. The number of carbonyl (C=O) groups is 1. The Morgan fingerprint density at radius 1 is 1.33 bits per heavy atom. The average molecular weight is 250 g/mol. The zero-order valence-electron chi connectivity index (χ0n) is 11.4. The number of anilines is 1. The van der Waals surface area contributed by atoms with Crippen molar-refractivity contribution < 1.29 is 9.53 Å². The Balaban J connectivity index is 2.48. The third-order valence-corrected chi connectivity index (χ3v) is 3.05. The molecule has 0 bridgehead atoms. The van der Waals surface area contributed by atoms with Gasteiger partial charge in [0.05, 0.1) is 5.56 Å². The van der Waals surface area contributed by atoms with E-state index in [0.717, 1.165) is 25.2 Å². The lowest BCUT2D eigenvalue weighted by Gasteiger charge is -2.17. The molecule has 0 aliphatic carbocycles. The van der Waals surface area contributed by atoms with Crippen molar-refractivity contribution in [1.82, 2.24) is 4.90 Å². The summed E-state index contributed by atoms with van der Waals surface area (Å²) in [6, 6.07) is 5.23. The predicted octanol–water partition coefficient (Wildman–Crippen LogP) is 2.08. The molecule has 100 valence electrons. The van der Waals surface area contributed by atoms with E-state index in [9.17, 15) is 4.79 Å². The highest BCUT2D eigenvalue weighted by Gasteiger charge is 2.09. The van der Waals surface area contributed by atoms with E-state index < -0.39 is 0 Å². The lowest BCUT2D eigenvalue weighted by atomic mass is 10.1. The molecule has 4 heteroatoms. The van der Waals surface area contributed by atoms with Crippen molar-refractivity contribution in [3.05, 3.63) is 29.3 Å². The minimum atomic E-state index is -0.311. The van der Waals surface area contributed by atoms with Crippen LogP contribution in [0, 0.1) is 6.92 Å². The molecule has 1 aromatic rings. The van der Waals surface area contributed by atoms with Gasteiger partial charge in [-0.1, -0.05) is 19.9 Å². The Labute approximate surface area is 109 Å². The number of carbonyl (C=O) groups excluding carboxylic acids is 1. The van der Waals surface area contributed by atoms with Gasteiger partial charge in [0.15, 0.2) is 0 Å². The quantitative estimate of drug-likeness (QED) is 0.620. The maximum atomic E-state index is 11.8. The van der Waals surface area contributed by atoms with Crippen LogP contribution in [0.1, 0.15) is 29.8 Å². The van der Waals surface area contributed by atoms with Gasteiger partial charge < -0.3 is 15.4 Å². The van der Waals surface area contributed by atoms with Crippen LogP contribution in [0.15, 0.2) is 18.2 Å². The van der Waals surface area contributed by atoms with Crippen LogP contribution in [0.2, 0.25) is 0 Å². The molecule has 0 radical (unpaired) electrons. The Morgan fingerprint density at radius 3 is 2.56 bits per heavy atom. The number of nitrogen functional groups attached to an aromatic ring is 1. The first-order valence-electron chi connectivity index (χ1n) is 6.34. The molecule has 0 aromatic heterocycles. The summed E-state index contributed by atoms with van der Waals surface area (Å²) in [5, 5.41) is 0. The summed E-state index contributed by atoms with van der Waals surface area (Å²) in [6.45, 7) is 9.19. The van der Waals surface area contributed by atoms with E-state index in [4.69, 9.17) is 10.5 Å². The van der Waals surface area contributed by atoms with Crippen LogP contribution < -0.4 is 5.73 Å². The van der Waals surface area contributed by atoms with Gasteiger partial charge in [-0.25, -0.2) is 4.79 Å². The van der Waals surface area contributed by atoms with Gasteiger partial charge in [-0.05, 0) is 37.7 Å². The number of ether oxygens (including phenoxy) is 1. The molecule has 0 unspecified atom stereocenters. The van der Waals surface area contributed by atoms with Crippen molar-refractivity contribution in [2.24, 2.45) is 0 Å². The number of nitrogens with two attached hydrogens (primary N) is 1. The van der Waals surface area contributed by atoms with Gasteiger partial charge in [0, 0.05) is 12.2 Å². The van der Waals surface area contributed by atoms with Crippen molar-refractivity contribution >= 4 is 11.7 Å². The third-order valence-electron chi connectivity index (χ3n) is 3.05. The number of nitrogens with zero attached hydrogens (tertiary/aromatic N) is 1. The Bertz CT molecular complexity index is 401. The maximum Gasteiger partial charge on any atom is 0.338 e. The maximum absolute atomic E-state index is 11.8. The molecule has 0 amide bonds. The summed E-state index contributed by atoms with van der Waals surface area (Å²) in [6.07, 6.45) is 0. The summed E-state index contributed by atoms with van der Waals surface area (Å²) >= 11 is 0. The molecule has 0 heterocycles. The zero-order chi connectivity index (χ0) is 13.5. The highest BCUT2D eigenvalue weighted by molar-refractivity contribution is 5.90. The molecule has 0 fully saturated rings. The summed E-state index contributed by atoms with van der Waals surface area (Å²) in [4.78, 5) is 14.0. The summed E-state index contributed by atoms with van der Waals surface area (Å²) < 4.78 is 5.22. The van der Waals surface area contributed by atoms with Gasteiger partial charge >= 0.3 is 5.97 Å². The summed E-state index contributed by atoms with van der Waals surface area (Å²) in [5.41, 5.74) is 7.86. The molecule has 2 N–H and O–H groups in total. The second kappa shape index (κ2) is 7.01. The van der Waals surface area contributed by atoms with Gasteiger partial charge in [0.1, 0.15) is 6.61 Å². The van der Waals surface area contributed by atoms with E-state index >= 15 is 0 Å². The molecule has 0 aliphatic rings. The second-order valence-electron chi connectivity index (χ2n) is 4.23. The van der Waals surface area contributed by atoms with Crippen molar-refractivity contribution in [3.63, 3.8) is 0 Å². The molecule has 0 saturated heterocycles. The van der Waals surface area contributed by atoms with Crippen LogP contribution in [0.4, 0.5) is 5.69 Å². The molecular weight excluding hydrogens is 228 g/mol. The van der Waals surface area contributed by atoms with Gasteiger partial charge in [0.2, 0.25) is 0 Å². The highest BCUT2D eigenvalue weighted by Crippen LogP contribution is 2.13. The Kier molecular flexibility index (Phi) is 5.65. The van der Waals surface area contributed by atoms with Crippen molar-refractivity contribution in [2.45, 2.75) is 20.8 Å². The topological polar surface area (TPSA) is 55.6 Å². The minimum absolute atomic E-state index is 0.311. The monoisotopic (exact) mass is 250 g/mol. The number of esters is 1. The van der Waals surface area contributed by atoms with Gasteiger partial charge in [-0.15, -0.1) is 0 Å². The molecule has 1 aromatic carbocycles. The smallest absolute Gasteiger partial charge is 0.338 e. The predicted molar refractivity (Wildman–Crippen MR) is 73.7 cm³/mol. The number of rotatable bonds is 6. The van der Waals surface area contributed by atoms with E-state index in [1.165, 1.54) is 0 Å². The number of benzene rings is 1. The molecule has 18 heavy (non-hydrogen) atoms. The fourth-order valence-corrected chi connectivity index (χ4v) is 1.66. The summed E-state index contributed by atoms with van der Waals surface area (Å²) in [5.74, 6) is -0.311. The number of hydrogen-bond donors (Lipinski definition) is 1. The fourth-order valence-electron chi connectivity index (χ4n) is 1.66. The first-order chi connectivity index (χ1) is 8.58. The fraction of sp³-hybridized carbons (Fsp3) is 0.500. The Hall–Kier alpha value is -1.55. The lowest BCUT2D eigenvalue weighted by molar-refractivity contribution is 0.0466. The highest BCUT2D eigenvalue weighted by atomic mass is 16.5. The van der Waals surface area contributed by atoms with Crippen LogP contribution >= 0.6 is 0 Å². The van der Waals surface area contributed by atoms with Crippen LogP contribution in [0.5, 0.6) is 0 Å². The molecule has 0 atom stereocenters. The molecule has 4 nitrogen and oxygen atoms in total. The van der Waals surface area contributed by atoms with E-state index in [0.29, 0.717) is 17.9 Å². The summed E-state index contributed by atoms with van der Waals surface area (Å²) in [7, 11) is 0. The first-order valence-corrected chi connectivity index (χ1v) is 6.34. The van der Waals surface area contributed by atoms with Crippen LogP contribution in [-0.2, 0) is 4.74 Å². The standard InChI is InChI=1S/C14H22N2O2/c1-4-16(5-2)8-9-18-14(17)12-7-6-11(3)13(15)10-12/h6-7,10H,4-5,8-9,15H2,1-3H3. The van der Waals surface area contributed by atoms with E-state index in [-0.39, 0.29) is 5.97 Å². The average Bonchev–Trinajstić information content (AvgIpc) is 2.37. The van der Waals surface area contributed by atoms with Gasteiger partial charge in [-0.2, -0.15) is 0 Å². The van der Waals surface area contributed by atoms with Crippen molar-refractivity contribution in [1.29, 1.82) is 0 Å². The molecule has 0 spiro atoms. The second-order valence-corrected chi connectivity index (χ2v) is 4.23. The molecular formula is C14H22N2O2. The van der Waals surface area contributed by atoms with Crippen molar-refractivity contribution in [3.8, 4) is 0 Å². The number of likely N-dealkylation sites (N-methyl/N-ethyl adjacent to an activating group) is 1. The minimum Gasteiger partial charge on any atom is -0.461 e. The largest absolute Gasteiger partial charge is 0.461 e. The number of aryl methyl sites for hydroxylation is 1. The van der Waals surface area contributed by atoms with E-state index in [1.54, 1.807) is 12.1 Å². The Morgan fingerprint density at radius 2 is 2.00 bits per heavy atom. The molecule has 0 saturated carbocycles. The normalized spacial score (nSPS) is 10.7. The first kappa shape index (κ1) is 14.5. The third kappa shape index (κ3) is 4.04. The van der Waals surface area contributed by atoms with Gasteiger partial charge in [0.25, 0.3) is 0 Å². The zero-order valence-corrected chi connectivity index (χ0v) is 11.4. The van der Waals surface area contributed by atoms with Crippen LogP contribution in [0.25, 0.3) is 0 Å². The van der Waals surface area contributed by atoms with Crippen LogP contribution in [-0.4, -0.2) is 37.1 Å². The van der Waals surface area contributed by atoms with Crippen molar-refractivity contribution in [2.75, 3.05) is 32.0 Å². The number of hydrogen-bond acceptors (Lipinski definition) is 4. The van der Waals surface area contributed by atoms with E-state index in [2.05, 4.69) is 18.7 Å². The molecule has 1 rings (SSSR count). The van der Waals surface area contributed by atoms with Gasteiger partial charge in [-0.3, -0.25) is 0 Å². The lowest BCUT2D eigenvalue weighted by Crippen LogP contribution is -2.27. The molecule has 0 aliphatic heterocycles.